The number of aromatic nitrogens is 4. The summed E-state index contributed by atoms with van der Waals surface area (Å²) in [4.78, 5) is 18.7. The number of anilines is 3. The molecular formula is C31H41N9. The number of likely N-dealkylation sites (tertiary alicyclic amines) is 1. The third-order valence-electron chi connectivity index (χ3n) is 7.26. The molecule has 4 aromatic heterocycles. The van der Waals surface area contributed by atoms with Gasteiger partial charge in [0.1, 0.15) is 17.5 Å². The average molecular weight is 540 g/mol. The van der Waals surface area contributed by atoms with E-state index in [2.05, 4.69) is 49.3 Å². The molecule has 2 aliphatic heterocycles. The summed E-state index contributed by atoms with van der Waals surface area (Å²) in [6.45, 7) is 4.59. The number of nitrogen functional groups attached to an aromatic ring is 3. The van der Waals surface area contributed by atoms with Crippen molar-refractivity contribution < 1.29 is 0 Å². The van der Waals surface area contributed by atoms with Crippen LogP contribution < -0.4 is 22.5 Å². The summed E-state index contributed by atoms with van der Waals surface area (Å²) in [5, 5.41) is 3.39. The van der Waals surface area contributed by atoms with E-state index < -0.39 is 0 Å². The molecule has 2 unspecified atom stereocenters. The van der Waals surface area contributed by atoms with E-state index in [9.17, 15) is 0 Å². The van der Waals surface area contributed by atoms with E-state index >= 15 is 0 Å². The van der Waals surface area contributed by atoms with E-state index in [1.807, 2.05) is 42.7 Å². The summed E-state index contributed by atoms with van der Waals surface area (Å²) in [6, 6.07) is 15.5. The van der Waals surface area contributed by atoms with Crippen molar-refractivity contribution in [2.45, 2.75) is 37.5 Å². The monoisotopic (exact) mass is 539 g/mol. The highest BCUT2D eigenvalue weighted by Gasteiger charge is 2.18. The summed E-state index contributed by atoms with van der Waals surface area (Å²) < 4.78 is 0. The predicted octanol–water partition coefficient (Wildman–Crippen LogP) is 4.33. The van der Waals surface area contributed by atoms with Crippen LogP contribution in [-0.4, -0.2) is 58.1 Å². The fourth-order valence-corrected chi connectivity index (χ4v) is 5.00. The highest BCUT2D eigenvalue weighted by atomic mass is 15.1. The first-order valence-corrected chi connectivity index (χ1v) is 13.9. The fraction of sp³-hybridized carbons (Fsp3) is 0.355. The largest absolute Gasteiger partial charge is 0.384 e. The number of nitrogens with one attached hydrogen (secondary N) is 1. The first-order chi connectivity index (χ1) is 19.5. The van der Waals surface area contributed by atoms with Gasteiger partial charge in [-0.2, -0.15) is 0 Å². The number of nitrogens with two attached hydrogens (primary N) is 3. The lowest BCUT2D eigenvalue weighted by molar-refractivity contribution is 0.250. The molecule has 0 saturated carbocycles. The van der Waals surface area contributed by atoms with Gasteiger partial charge in [0.05, 0.1) is 0 Å². The van der Waals surface area contributed by atoms with Crippen molar-refractivity contribution in [2.75, 3.05) is 50.4 Å². The van der Waals surface area contributed by atoms with Crippen molar-refractivity contribution in [3.05, 3.63) is 90.6 Å². The van der Waals surface area contributed by atoms with E-state index in [0.717, 1.165) is 30.8 Å². The summed E-state index contributed by atoms with van der Waals surface area (Å²) in [7, 11) is 2.18. The minimum atomic E-state index is 0.535. The highest BCUT2D eigenvalue weighted by Crippen LogP contribution is 2.26. The van der Waals surface area contributed by atoms with Crippen molar-refractivity contribution in [1.29, 1.82) is 0 Å². The second-order valence-electron chi connectivity index (χ2n) is 10.4. The second kappa shape index (κ2) is 14.9. The number of nitrogens with zero attached hydrogens (tertiary/aromatic N) is 5. The Labute approximate surface area is 237 Å². The number of hydrogen-bond acceptors (Lipinski definition) is 9. The molecule has 0 bridgehead atoms. The van der Waals surface area contributed by atoms with E-state index in [-0.39, 0.29) is 0 Å². The van der Waals surface area contributed by atoms with Gasteiger partial charge in [0.2, 0.25) is 0 Å². The Hall–Kier alpha value is -4.08. The molecule has 0 radical (unpaired) electrons. The minimum Gasteiger partial charge on any atom is -0.384 e. The summed E-state index contributed by atoms with van der Waals surface area (Å²) in [5.74, 6) is 3.02. The molecule has 2 saturated heterocycles. The number of pyridine rings is 4. The predicted molar refractivity (Wildman–Crippen MR) is 163 cm³/mol. The van der Waals surface area contributed by atoms with Gasteiger partial charge in [-0.1, -0.05) is 18.2 Å². The Morgan fingerprint density at radius 3 is 1.88 bits per heavy atom. The summed E-state index contributed by atoms with van der Waals surface area (Å²) >= 11 is 0. The standard InChI is InChI=1S/C11H17N3.C10H15N3.C10H9N3/c1-14-6-2-3-10(8-14)9-4-5-11(12)13-7-9;2*11-10-4-3-9(7-13-10)8-2-1-5-12-6-8/h4-5,7,10H,2-3,6,8H2,1H3,(H2,12,13);3-4,7-8,12H,1-2,5-6H2,(H2,11,13);1-7H,(H2,11,13). The number of rotatable bonds is 3. The molecule has 40 heavy (non-hydrogen) atoms. The number of hydrogen-bond donors (Lipinski definition) is 4. The molecule has 7 N–H and O–H groups in total. The van der Waals surface area contributed by atoms with Crippen molar-refractivity contribution >= 4 is 17.5 Å². The van der Waals surface area contributed by atoms with Crippen LogP contribution in [0.3, 0.4) is 0 Å². The summed E-state index contributed by atoms with van der Waals surface area (Å²) in [6.07, 6.45) is 14.2. The van der Waals surface area contributed by atoms with Gasteiger partial charge in [0, 0.05) is 55.2 Å². The highest BCUT2D eigenvalue weighted by molar-refractivity contribution is 5.62. The molecular weight excluding hydrogens is 498 g/mol. The maximum Gasteiger partial charge on any atom is 0.123 e. The van der Waals surface area contributed by atoms with Crippen LogP contribution in [0.2, 0.25) is 0 Å². The Bertz CT molecular complexity index is 1260. The van der Waals surface area contributed by atoms with Gasteiger partial charge >= 0.3 is 0 Å². The molecule has 210 valence electrons. The van der Waals surface area contributed by atoms with Gasteiger partial charge in [-0.25, -0.2) is 15.0 Å². The third kappa shape index (κ3) is 9.00. The van der Waals surface area contributed by atoms with Crippen molar-refractivity contribution in [3.63, 3.8) is 0 Å². The van der Waals surface area contributed by atoms with E-state index in [0.29, 0.717) is 29.3 Å². The number of likely N-dealkylation sites (N-methyl/N-ethyl adjacent to an activating group) is 1. The van der Waals surface area contributed by atoms with Gasteiger partial charge in [-0.3, -0.25) is 4.98 Å². The van der Waals surface area contributed by atoms with Crippen LogP contribution in [0, 0.1) is 0 Å². The van der Waals surface area contributed by atoms with Crippen LogP contribution in [0.15, 0.2) is 79.5 Å². The first-order valence-electron chi connectivity index (χ1n) is 13.9. The lowest BCUT2D eigenvalue weighted by Crippen LogP contribution is -2.30. The third-order valence-corrected chi connectivity index (χ3v) is 7.26. The average Bonchev–Trinajstić information content (AvgIpc) is 3.00. The molecule has 0 amide bonds. The maximum absolute atomic E-state index is 5.56. The fourth-order valence-electron chi connectivity index (χ4n) is 5.00. The van der Waals surface area contributed by atoms with E-state index in [1.165, 1.54) is 43.4 Å². The van der Waals surface area contributed by atoms with Crippen LogP contribution in [0.1, 0.15) is 48.6 Å². The van der Waals surface area contributed by atoms with Crippen LogP contribution >= 0.6 is 0 Å². The van der Waals surface area contributed by atoms with Crippen molar-refractivity contribution in [3.8, 4) is 11.1 Å². The molecule has 0 spiro atoms. The zero-order valence-electron chi connectivity index (χ0n) is 23.3. The van der Waals surface area contributed by atoms with Gasteiger partial charge < -0.3 is 27.4 Å². The molecule has 9 heteroatoms. The Kier molecular flexibility index (Phi) is 10.8. The quantitative estimate of drug-likeness (QED) is 0.299. The lowest BCUT2D eigenvalue weighted by atomic mass is 9.92. The topological polar surface area (TPSA) is 145 Å². The first kappa shape index (κ1) is 28.9. The normalized spacial score (nSPS) is 18.9. The van der Waals surface area contributed by atoms with Crippen LogP contribution in [0.25, 0.3) is 11.1 Å². The van der Waals surface area contributed by atoms with Gasteiger partial charge in [-0.05, 0) is 99.1 Å². The smallest absolute Gasteiger partial charge is 0.123 e. The molecule has 0 aromatic carbocycles. The lowest BCUT2D eigenvalue weighted by Gasteiger charge is -2.29. The van der Waals surface area contributed by atoms with Crippen LogP contribution in [-0.2, 0) is 0 Å². The van der Waals surface area contributed by atoms with Crippen molar-refractivity contribution in [2.24, 2.45) is 0 Å². The molecule has 2 fully saturated rings. The SMILES string of the molecule is CN1CCCC(c2ccc(N)nc2)C1.Nc1ccc(-c2cccnc2)cn1.Nc1ccc(C2CCCNC2)cn1. The Balaban J connectivity index is 0.000000139. The molecule has 6 rings (SSSR count). The Morgan fingerprint density at radius 1 is 0.725 bits per heavy atom. The molecule has 4 aromatic rings. The minimum absolute atomic E-state index is 0.535. The zero-order chi connectivity index (χ0) is 28.2. The zero-order valence-corrected chi connectivity index (χ0v) is 23.3. The van der Waals surface area contributed by atoms with Gasteiger partial charge in [-0.15, -0.1) is 0 Å². The summed E-state index contributed by atoms with van der Waals surface area (Å²) in [5.41, 5.74) is 21.3. The molecule has 9 nitrogen and oxygen atoms in total. The van der Waals surface area contributed by atoms with Crippen LogP contribution in [0.4, 0.5) is 17.5 Å². The molecule has 2 atom stereocenters. The molecule has 6 heterocycles. The molecule has 0 aliphatic carbocycles. The van der Waals surface area contributed by atoms with Gasteiger partial charge in [0.15, 0.2) is 0 Å². The van der Waals surface area contributed by atoms with Crippen LogP contribution in [0.5, 0.6) is 0 Å². The van der Waals surface area contributed by atoms with E-state index in [4.69, 9.17) is 17.2 Å². The Morgan fingerprint density at radius 2 is 1.35 bits per heavy atom. The number of piperidine rings is 2. The van der Waals surface area contributed by atoms with Gasteiger partial charge in [0.25, 0.3) is 0 Å². The van der Waals surface area contributed by atoms with E-state index in [1.54, 1.807) is 24.7 Å². The van der Waals surface area contributed by atoms with Crippen molar-refractivity contribution in [1.82, 2.24) is 30.2 Å². The second-order valence-corrected chi connectivity index (χ2v) is 10.4. The molecule has 2 aliphatic rings. The maximum atomic E-state index is 5.56.